The maximum Gasteiger partial charge on any atom is 0.263 e. The topological polar surface area (TPSA) is 69.0 Å². The van der Waals surface area contributed by atoms with E-state index in [9.17, 15) is 4.79 Å². The molecule has 0 spiro atoms. The number of carbonyl (C=O) groups is 1. The van der Waals surface area contributed by atoms with Crippen LogP contribution >= 0.6 is 34.5 Å². The van der Waals surface area contributed by atoms with Crippen LogP contribution in [0.25, 0.3) is 16.4 Å². The number of nitrogens with one attached hydrogen (secondary N) is 1. The minimum absolute atomic E-state index is 0.139. The molecule has 0 radical (unpaired) electrons. The molecule has 30 heavy (non-hydrogen) atoms. The molecular weight excluding hydrogens is 443 g/mol. The Hall–Kier alpha value is -2.87. The summed E-state index contributed by atoms with van der Waals surface area (Å²) in [5.74, 6) is 0.779. The SMILES string of the molecule is Cc1cc(NC(=O)COc2ccc(Cl)cc2)n(-c2nc(-c3ccc(Cl)cc3)cs2)n1. The summed E-state index contributed by atoms with van der Waals surface area (Å²) >= 11 is 13.2. The van der Waals surface area contributed by atoms with Gasteiger partial charge in [-0.3, -0.25) is 4.79 Å². The molecule has 0 unspecified atom stereocenters. The molecule has 152 valence electrons. The summed E-state index contributed by atoms with van der Waals surface area (Å²) in [6, 6.07) is 16.1. The van der Waals surface area contributed by atoms with Gasteiger partial charge in [-0.05, 0) is 43.3 Å². The molecule has 0 saturated carbocycles. The number of halogens is 2. The summed E-state index contributed by atoms with van der Waals surface area (Å²) in [6.45, 7) is 1.71. The first-order valence-corrected chi connectivity index (χ1v) is 10.6. The Balaban J connectivity index is 1.48. The van der Waals surface area contributed by atoms with Gasteiger partial charge in [-0.1, -0.05) is 35.3 Å². The molecule has 6 nitrogen and oxygen atoms in total. The lowest BCUT2D eigenvalue weighted by Gasteiger charge is -2.08. The summed E-state index contributed by atoms with van der Waals surface area (Å²) in [6.07, 6.45) is 0. The van der Waals surface area contributed by atoms with Crippen LogP contribution in [0.5, 0.6) is 5.75 Å². The van der Waals surface area contributed by atoms with E-state index >= 15 is 0 Å². The molecule has 0 aliphatic heterocycles. The maximum atomic E-state index is 12.4. The number of benzene rings is 2. The smallest absolute Gasteiger partial charge is 0.263 e. The van der Waals surface area contributed by atoms with E-state index in [2.05, 4.69) is 15.4 Å². The lowest BCUT2D eigenvalue weighted by Crippen LogP contribution is -2.21. The lowest BCUT2D eigenvalue weighted by atomic mass is 10.2. The van der Waals surface area contributed by atoms with Gasteiger partial charge >= 0.3 is 0 Å². The molecule has 0 aliphatic carbocycles. The summed E-state index contributed by atoms with van der Waals surface area (Å²) in [5.41, 5.74) is 2.52. The number of anilines is 1. The van der Waals surface area contributed by atoms with Gasteiger partial charge in [0.15, 0.2) is 6.61 Å². The van der Waals surface area contributed by atoms with E-state index in [4.69, 9.17) is 27.9 Å². The third kappa shape index (κ3) is 4.81. The summed E-state index contributed by atoms with van der Waals surface area (Å²) in [7, 11) is 0. The summed E-state index contributed by atoms with van der Waals surface area (Å²) < 4.78 is 7.11. The Bertz CT molecular complexity index is 1170. The maximum absolute atomic E-state index is 12.4. The molecule has 0 bridgehead atoms. The molecule has 2 aromatic carbocycles. The second-order valence-electron chi connectivity index (χ2n) is 6.40. The third-order valence-corrected chi connectivity index (χ3v) is 5.42. The highest BCUT2D eigenvalue weighted by atomic mass is 35.5. The van der Waals surface area contributed by atoms with Gasteiger partial charge < -0.3 is 10.1 Å². The van der Waals surface area contributed by atoms with E-state index in [1.165, 1.54) is 11.3 Å². The minimum atomic E-state index is -0.305. The second-order valence-corrected chi connectivity index (χ2v) is 8.11. The number of aromatic nitrogens is 3. The lowest BCUT2D eigenvalue weighted by molar-refractivity contribution is -0.118. The molecular formula is C21H16Cl2N4O2S. The van der Waals surface area contributed by atoms with Crippen LogP contribution < -0.4 is 10.1 Å². The number of nitrogens with zero attached hydrogens (tertiary/aromatic N) is 3. The highest BCUT2D eigenvalue weighted by Crippen LogP contribution is 2.27. The van der Waals surface area contributed by atoms with E-state index in [0.717, 1.165) is 17.0 Å². The molecule has 0 saturated heterocycles. The van der Waals surface area contributed by atoms with E-state index in [1.807, 2.05) is 36.6 Å². The first-order chi connectivity index (χ1) is 14.5. The molecule has 2 heterocycles. The van der Waals surface area contributed by atoms with E-state index in [0.29, 0.717) is 26.7 Å². The van der Waals surface area contributed by atoms with Crippen LogP contribution in [-0.2, 0) is 4.79 Å². The number of hydrogen-bond acceptors (Lipinski definition) is 5. The predicted molar refractivity (Wildman–Crippen MR) is 120 cm³/mol. The number of aryl methyl sites for hydroxylation is 1. The van der Waals surface area contributed by atoms with Crippen molar-refractivity contribution in [1.29, 1.82) is 0 Å². The van der Waals surface area contributed by atoms with Crippen molar-refractivity contribution in [3.8, 4) is 22.1 Å². The third-order valence-electron chi connectivity index (χ3n) is 4.10. The van der Waals surface area contributed by atoms with Crippen LogP contribution in [0.2, 0.25) is 10.0 Å². The second kappa shape index (κ2) is 8.87. The Morgan fingerprint density at radius 2 is 1.77 bits per heavy atom. The van der Waals surface area contributed by atoms with Crippen LogP contribution in [0, 0.1) is 6.92 Å². The van der Waals surface area contributed by atoms with Gasteiger partial charge in [0.25, 0.3) is 5.91 Å². The normalized spacial score (nSPS) is 10.8. The number of ether oxygens (including phenoxy) is 1. The minimum Gasteiger partial charge on any atom is -0.484 e. The van der Waals surface area contributed by atoms with Gasteiger partial charge in [0.1, 0.15) is 11.6 Å². The van der Waals surface area contributed by atoms with Crippen molar-refractivity contribution in [1.82, 2.24) is 14.8 Å². The van der Waals surface area contributed by atoms with Crippen LogP contribution in [-0.4, -0.2) is 27.3 Å². The fraction of sp³-hybridized carbons (Fsp3) is 0.0952. The zero-order chi connectivity index (χ0) is 21.1. The van der Waals surface area contributed by atoms with E-state index in [1.54, 1.807) is 35.0 Å². The zero-order valence-electron chi connectivity index (χ0n) is 15.8. The summed E-state index contributed by atoms with van der Waals surface area (Å²) in [4.78, 5) is 17.0. The van der Waals surface area contributed by atoms with Crippen LogP contribution in [0.4, 0.5) is 5.82 Å². The van der Waals surface area contributed by atoms with Crippen molar-refractivity contribution in [3.63, 3.8) is 0 Å². The van der Waals surface area contributed by atoms with Gasteiger partial charge in [-0.25, -0.2) is 4.98 Å². The molecule has 9 heteroatoms. The van der Waals surface area contributed by atoms with Gasteiger partial charge in [0, 0.05) is 27.1 Å². The Kier molecular flexibility index (Phi) is 6.03. The number of thiazole rings is 1. The van der Waals surface area contributed by atoms with Crippen LogP contribution in [0.15, 0.2) is 60.0 Å². The van der Waals surface area contributed by atoms with E-state index < -0.39 is 0 Å². The summed E-state index contributed by atoms with van der Waals surface area (Å²) in [5, 5.41) is 11.1. The van der Waals surface area contributed by atoms with Gasteiger partial charge in [-0.2, -0.15) is 9.78 Å². The largest absolute Gasteiger partial charge is 0.484 e. The Labute approximate surface area is 187 Å². The average molecular weight is 459 g/mol. The molecule has 0 aliphatic rings. The number of hydrogen-bond donors (Lipinski definition) is 1. The molecule has 2 aromatic heterocycles. The fourth-order valence-electron chi connectivity index (χ4n) is 2.71. The average Bonchev–Trinajstić information content (AvgIpc) is 3.35. The van der Waals surface area contributed by atoms with E-state index in [-0.39, 0.29) is 12.5 Å². The Morgan fingerprint density at radius 1 is 1.10 bits per heavy atom. The van der Waals surface area contributed by atoms with Crippen molar-refractivity contribution >= 4 is 46.3 Å². The first-order valence-electron chi connectivity index (χ1n) is 8.95. The van der Waals surface area contributed by atoms with Crippen LogP contribution in [0.3, 0.4) is 0 Å². The number of amides is 1. The quantitative estimate of drug-likeness (QED) is 0.406. The Morgan fingerprint density at radius 3 is 2.47 bits per heavy atom. The molecule has 1 N–H and O–H groups in total. The van der Waals surface area contributed by atoms with Crippen molar-refractivity contribution in [2.45, 2.75) is 6.92 Å². The molecule has 0 fully saturated rings. The number of carbonyl (C=O) groups excluding carboxylic acids is 1. The first kappa shape index (κ1) is 20.4. The number of rotatable bonds is 6. The van der Waals surface area contributed by atoms with Crippen molar-refractivity contribution in [2.24, 2.45) is 0 Å². The van der Waals surface area contributed by atoms with Crippen molar-refractivity contribution in [2.75, 3.05) is 11.9 Å². The monoisotopic (exact) mass is 458 g/mol. The highest BCUT2D eigenvalue weighted by Gasteiger charge is 2.15. The molecule has 1 amide bonds. The van der Waals surface area contributed by atoms with Crippen molar-refractivity contribution < 1.29 is 9.53 Å². The molecule has 4 aromatic rings. The van der Waals surface area contributed by atoms with Crippen LogP contribution in [0.1, 0.15) is 5.69 Å². The van der Waals surface area contributed by atoms with Gasteiger partial charge in [-0.15, -0.1) is 11.3 Å². The fourth-order valence-corrected chi connectivity index (χ4v) is 3.76. The highest BCUT2D eigenvalue weighted by molar-refractivity contribution is 7.12. The van der Waals surface area contributed by atoms with Gasteiger partial charge in [0.2, 0.25) is 5.13 Å². The van der Waals surface area contributed by atoms with Crippen molar-refractivity contribution in [3.05, 3.63) is 75.7 Å². The predicted octanol–water partition coefficient (Wildman–Crippen LogP) is 5.63. The zero-order valence-corrected chi connectivity index (χ0v) is 18.1. The molecule has 4 rings (SSSR count). The molecule has 0 atom stereocenters. The van der Waals surface area contributed by atoms with Gasteiger partial charge in [0.05, 0.1) is 11.4 Å². The standard InChI is InChI=1S/C21H16Cl2N4O2S/c1-13-10-19(25-20(28)11-29-17-8-6-16(23)7-9-17)27(26-13)21-24-18(12-30-21)14-2-4-15(22)5-3-14/h2-10,12H,11H2,1H3,(H,25,28).